The molecule has 0 bridgehead atoms. The second-order valence-electron chi connectivity index (χ2n) is 4.86. The van der Waals surface area contributed by atoms with Gasteiger partial charge in [0.1, 0.15) is 5.75 Å². The lowest BCUT2D eigenvalue weighted by molar-refractivity contribution is 0.440. The number of nitrogens with one attached hydrogen (secondary N) is 1. The van der Waals surface area contributed by atoms with E-state index in [2.05, 4.69) is 12.2 Å². The Balaban J connectivity index is 2.25. The predicted octanol–water partition coefficient (Wildman–Crippen LogP) is 4.60. The fourth-order valence-corrected chi connectivity index (χ4v) is 2.22. The lowest BCUT2D eigenvalue weighted by atomic mass is 10.0. The second kappa shape index (κ2) is 6.53. The maximum absolute atomic E-state index is 13.7. The Kier molecular flexibility index (Phi) is 4.74. The van der Waals surface area contributed by atoms with E-state index in [1.807, 2.05) is 38.2 Å². The van der Waals surface area contributed by atoms with Crippen LogP contribution in [-0.4, -0.2) is 7.05 Å². The van der Waals surface area contributed by atoms with Gasteiger partial charge in [-0.05, 0) is 55.8 Å². The number of hydrogen-bond donors (Lipinski definition) is 1. The highest BCUT2D eigenvalue weighted by Crippen LogP contribution is 2.28. The van der Waals surface area contributed by atoms with Crippen LogP contribution in [0.15, 0.2) is 42.5 Å². The van der Waals surface area contributed by atoms with Crippen molar-refractivity contribution in [3.05, 3.63) is 59.4 Å². The average Bonchev–Trinajstić information content (AvgIpc) is 2.45. The van der Waals surface area contributed by atoms with Crippen LogP contribution in [0.25, 0.3) is 0 Å². The number of halogens is 1. The molecule has 0 saturated carbocycles. The second-order valence-corrected chi connectivity index (χ2v) is 4.86. The summed E-state index contributed by atoms with van der Waals surface area (Å²) >= 11 is 0. The van der Waals surface area contributed by atoms with Gasteiger partial charge < -0.3 is 10.1 Å². The van der Waals surface area contributed by atoms with Crippen molar-refractivity contribution in [2.24, 2.45) is 0 Å². The Morgan fingerprint density at radius 1 is 1.20 bits per heavy atom. The van der Waals surface area contributed by atoms with Gasteiger partial charge in [0.05, 0.1) is 0 Å². The van der Waals surface area contributed by atoms with E-state index < -0.39 is 0 Å². The third-order valence-electron chi connectivity index (χ3n) is 3.33. The summed E-state index contributed by atoms with van der Waals surface area (Å²) in [7, 11) is 1.93. The molecule has 2 nitrogen and oxygen atoms in total. The van der Waals surface area contributed by atoms with Gasteiger partial charge in [-0.15, -0.1) is 0 Å². The average molecular weight is 273 g/mol. The van der Waals surface area contributed by atoms with Gasteiger partial charge >= 0.3 is 0 Å². The standard InChI is InChI=1S/C17H20FNO/c1-4-16(19-3)13-6-5-7-14(11-13)20-17-10-12(2)8-9-15(17)18/h5-11,16,19H,4H2,1-3H3. The van der Waals surface area contributed by atoms with Gasteiger partial charge in [0.25, 0.3) is 0 Å². The molecule has 0 saturated heterocycles. The van der Waals surface area contributed by atoms with Crippen molar-refractivity contribution in [2.75, 3.05) is 7.05 Å². The van der Waals surface area contributed by atoms with E-state index in [1.165, 1.54) is 6.07 Å². The normalized spacial score (nSPS) is 12.2. The highest BCUT2D eigenvalue weighted by atomic mass is 19.1. The topological polar surface area (TPSA) is 21.3 Å². The summed E-state index contributed by atoms with van der Waals surface area (Å²) in [6, 6.07) is 12.9. The molecule has 0 aliphatic heterocycles. The molecule has 1 N–H and O–H groups in total. The van der Waals surface area contributed by atoms with Gasteiger partial charge in [-0.2, -0.15) is 0 Å². The minimum atomic E-state index is -0.346. The minimum absolute atomic E-state index is 0.264. The quantitative estimate of drug-likeness (QED) is 0.859. The molecule has 0 heterocycles. The number of hydrogen-bond acceptors (Lipinski definition) is 2. The zero-order chi connectivity index (χ0) is 14.5. The van der Waals surface area contributed by atoms with Crippen LogP contribution in [0.5, 0.6) is 11.5 Å². The van der Waals surface area contributed by atoms with Crippen molar-refractivity contribution in [2.45, 2.75) is 26.3 Å². The molecule has 0 amide bonds. The molecule has 2 aromatic rings. The molecule has 1 unspecified atom stereocenters. The first-order valence-corrected chi connectivity index (χ1v) is 6.85. The van der Waals surface area contributed by atoms with Gasteiger partial charge in [-0.25, -0.2) is 4.39 Å². The zero-order valence-electron chi connectivity index (χ0n) is 12.1. The summed E-state index contributed by atoms with van der Waals surface area (Å²) in [5.74, 6) is 0.571. The van der Waals surface area contributed by atoms with E-state index >= 15 is 0 Å². The summed E-state index contributed by atoms with van der Waals surface area (Å²) in [6.45, 7) is 4.03. The molecule has 0 spiro atoms. The molecule has 0 aromatic heterocycles. The van der Waals surface area contributed by atoms with Crippen molar-refractivity contribution < 1.29 is 9.13 Å². The van der Waals surface area contributed by atoms with Crippen molar-refractivity contribution in [1.29, 1.82) is 0 Å². The Bertz CT molecular complexity index is 579. The third-order valence-corrected chi connectivity index (χ3v) is 3.33. The summed E-state index contributed by atoms with van der Waals surface area (Å²) in [6.07, 6.45) is 0.985. The van der Waals surface area contributed by atoms with Crippen LogP contribution in [0, 0.1) is 12.7 Å². The SMILES string of the molecule is CCC(NC)c1cccc(Oc2cc(C)ccc2F)c1. The predicted molar refractivity (Wildman–Crippen MR) is 79.7 cm³/mol. The molecule has 20 heavy (non-hydrogen) atoms. The van der Waals surface area contributed by atoms with Gasteiger partial charge in [-0.3, -0.25) is 0 Å². The van der Waals surface area contributed by atoms with Crippen molar-refractivity contribution in [3.8, 4) is 11.5 Å². The van der Waals surface area contributed by atoms with Crippen LogP contribution in [0.2, 0.25) is 0 Å². The first kappa shape index (κ1) is 14.5. The van der Waals surface area contributed by atoms with Gasteiger partial charge in [0.2, 0.25) is 0 Å². The Morgan fingerprint density at radius 2 is 2.00 bits per heavy atom. The van der Waals surface area contributed by atoms with Crippen LogP contribution >= 0.6 is 0 Å². The van der Waals surface area contributed by atoms with E-state index in [-0.39, 0.29) is 17.6 Å². The maximum atomic E-state index is 13.7. The van der Waals surface area contributed by atoms with Crippen LogP contribution in [0.1, 0.15) is 30.5 Å². The summed E-state index contributed by atoms with van der Waals surface area (Å²) in [4.78, 5) is 0. The van der Waals surface area contributed by atoms with Crippen molar-refractivity contribution in [1.82, 2.24) is 5.32 Å². The van der Waals surface area contributed by atoms with Gasteiger partial charge in [-0.1, -0.05) is 25.1 Å². The highest BCUT2D eigenvalue weighted by molar-refractivity contribution is 5.37. The molecule has 0 radical (unpaired) electrons. The Hall–Kier alpha value is -1.87. The highest BCUT2D eigenvalue weighted by Gasteiger charge is 2.09. The lowest BCUT2D eigenvalue weighted by Gasteiger charge is -2.15. The number of rotatable bonds is 5. The van der Waals surface area contributed by atoms with E-state index in [1.54, 1.807) is 12.1 Å². The van der Waals surface area contributed by atoms with E-state index in [9.17, 15) is 4.39 Å². The fourth-order valence-electron chi connectivity index (χ4n) is 2.22. The summed E-state index contributed by atoms with van der Waals surface area (Å²) in [5, 5.41) is 3.25. The Morgan fingerprint density at radius 3 is 2.70 bits per heavy atom. The molecule has 106 valence electrons. The molecular formula is C17H20FNO. The molecule has 0 fully saturated rings. The largest absolute Gasteiger partial charge is 0.454 e. The maximum Gasteiger partial charge on any atom is 0.165 e. The van der Waals surface area contributed by atoms with E-state index in [0.29, 0.717) is 5.75 Å². The molecule has 0 aliphatic rings. The molecule has 0 aliphatic carbocycles. The smallest absolute Gasteiger partial charge is 0.165 e. The number of benzene rings is 2. The first-order valence-electron chi connectivity index (χ1n) is 6.85. The monoisotopic (exact) mass is 273 g/mol. The van der Waals surface area contributed by atoms with Crippen LogP contribution in [0.4, 0.5) is 4.39 Å². The molecule has 3 heteroatoms. The third kappa shape index (κ3) is 3.36. The van der Waals surface area contributed by atoms with Crippen LogP contribution < -0.4 is 10.1 Å². The lowest BCUT2D eigenvalue weighted by Crippen LogP contribution is -2.14. The Labute approximate surface area is 119 Å². The molecule has 2 rings (SSSR count). The summed E-state index contributed by atoms with van der Waals surface area (Å²) < 4.78 is 19.4. The minimum Gasteiger partial charge on any atom is -0.454 e. The van der Waals surface area contributed by atoms with Crippen LogP contribution in [0.3, 0.4) is 0 Å². The first-order chi connectivity index (χ1) is 9.63. The van der Waals surface area contributed by atoms with Crippen molar-refractivity contribution in [3.63, 3.8) is 0 Å². The molecule has 1 atom stereocenters. The van der Waals surface area contributed by atoms with Crippen molar-refractivity contribution >= 4 is 0 Å². The number of ether oxygens (including phenoxy) is 1. The fraction of sp³-hybridized carbons (Fsp3) is 0.294. The summed E-state index contributed by atoms with van der Waals surface area (Å²) in [5.41, 5.74) is 2.11. The number of aryl methyl sites for hydroxylation is 1. The zero-order valence-corrected chi connectivity index (χ0v) is 12.1. The molecule has 2 aromatic carbocycles. The van der Waals surface area contributed by atoms with E-state index in [0.717, 1.165) is 17.5 Å². The van der Waals surface area contributed by atoms with E-state index in [4.69, 9.17) is 4.74 Å². The van der Waals surface area contributed by atoms with Gasteiger partial charge in [0, 0.05) is 6.04 Å². The van der Waals surface area contributed by atoms with Gasteiger partial charge in [0.15, 0.2) is 11.6 Å². The molecular weight excluding hydrogens is 253 g/mol. The van der Waals surface area contributed by atoms with Crippen LogP contribution in [-0.2, 0) is 0 Å².